The Bertz CT molecular complexity index is 284. The highest BCUT2D eigenvalue weighted by Gasteiger charge is 2.46. The van der Waals surface area contributed by atoms with E-state index in [1.165, 1.54) is 0 Å². The van der Waals surface area contributed by atoms with E-state index in [4.69, 9.17) is 4.74 Å². The topological polar surface area (TPSA) is 49.8 Å². The number of fused-ring (bicyclic) bond motifs is 1. The first-order valence-corrected chi connectivity index (χ1v) is 6.06. The highest BCUT2D eigenvalue weighted by Crippen LogP contribution is 2.39. The molecular weight excluding hydrogens is 206 g/mol. The van der Waals surface area contributed by atoms with Crippen molar-refractivity contribution in [3.63, 3.8) is 0 Å². The molecule has 3 unspecified atom stereocenters. The summed E-state index contributed by atoms with van der Waals surface area (Å²) in [6.07, 6.45) is 2.26. The molecule has 0 aromatic carbocycles. The molecule has 1 saturated heterocycles. The number of aliphatic hydroxyl groups excluding tert-OH is 1. The van der Waals surface area contributed by atoms with E-state index in [1.807, 2.05) is 20.8 Å². The molecule has 0 aromatic rings. The number of amides is 1. The molecule has 4 heteroatoms. The van der Waals surface area contributed by atoms with Gasteiger partial charge in [-0.2, -0.15) is 0 Å². The number of hydrogen-bond donors (Lipinski definition) is 1. The van der Waals surface area contributed by atoms with E-state index in [2.05, 4.69) is 0 Å². The van der Waals surface area contributed by atoms with Gasteiger partial charge in [-0.05, 0) is 40.0 Å². The van der Waals surface area contributed by atoms with E-state index in [0.717, 1.165) is 12.8 Å². The van der Waals surface area contributed by atoms with Crippen molar-refractivity contribution in [2.45, 2.75) is 57.8 Å². The molecule has 4 nitrogen and oxygen atoms in total. The molecule has 16 heavy (non-hydrogen) atoms. The van der Waals surface area contributed by atoms with E-state index in [-0.39, 0.29) is 24.2 Å². The fourth-order valence-corrected chi connectivity index (χ4v) is 2.54. The first kappa shape index (κ1) is 11.7. The molecule has 1 aliphatic heterocycles. The Balaban J connectivity index is 1.97. The van der Waals surface area contributed by atoms with Gasteiger partial charge in [-0.1, -0.05) is 0 Å². The van der Waals surface area contributed by atoms with Crippen LogP contribution in [0.1, 0.15) is 40.0 Å². The zero-order valence-corrected chi connectivity index (χ0v) is 10.3. The monoisotopic (exact) mass is 227 g/mol. The maximum Gasteiger partial charge on any atom is 0.410 e. The number of aliphatic hydroxyl groups is 1. The molecule has 92 valence electrons. The Kier molecular flexibility index (Phi) is 2.86. The average Bonchev–Trinajstić information content (AvgIpc) is 2.04. The minimum atomic E-state index is -0.438. The van der Waals surface area contributed by atoms with Crippen LogP contribution in [0.4, 0.5) is 4.79 Å². The third-order valence-corrected chi connectivity index (χ3v) is 3.48. The molecule has 0 spiro atoms. The van der Waals surface area contributed by atoms with Crippen LogP contribution in [-0.2, 0) is 4.74 Å². The minimum Gasteiger partial charge on any atom is -0.444 e. The SMILES string of the molecule is CC(C)(C)OC(=O)N1CCC(O)C2CCC21. The third-order valence-electron chi connectivity index (χ3n) is 3.48. The van der Waals surface area contributed by atoms with E-state index < -0.39 is 5.60 Å². The number of rotatable bonds is 0. The summed E-state index contributed by atoms with van der Waals surface area (Å²) in [5.74, 6) is 0.279. The Morgan fingerprint density at radius 1 is 1.31 bits per heavy atom. The molecule has 0 aromatic heterocycles. The first-order valence-electron chi connectivity index (χ1n) is 6.06. The zero-order chi connectivity index (χ0) is 11.9. The van der Waals surface area contributed by atoms with Gasteiger partial charge in [0.05, 0.1) is 6.10 Å². The summed E-state index contributed by atoms with van der Waals surface area (Å²) in [6, 6.07) is 0.207. The van der Waals surface area contributed by atoms with Crippen LogP contribution in [0.15, 0.2) is 0 Å². The average molecular weight is 227 g/mol. The lowest BCUT2D eigenvalue weighted by Gasteiger charge is -2.50. The number of piperidine rings is 1. The summed E-state index contributed by atoms with van der Waals surface area (Å²) in [5.41, 5.74) is -0.438. The molecular formula is C12H21NO3. The molecule has 2 rings (SSSR count). The molecule has 1 aliphatic carbocycles. The van der Waals surface area contributed by atoms with Crippen molar-refractivity contribution < 1.29 is 14.6 Å². The minimum absolute atomic E-state index is 0.207. The molecule has 1 heterocycles. The fourth-order valence-electron chi connectivity index (χ4n) is 2.54. The predicted molar refractivity (Wildman–Crippen MR) is 60.1 cm³/mol. The number of nitrogens with zero attached hydrogens (tertiary/aromatic N) is 1. The van der Waals surface area contributed by atoms with Crippen LogP contribution < -0.4 is 0 Å². The van der Waals surface area contributed by atoms with Crippen LogP contribution in [0.3, 0.4) is 0 Å². The van der Waals surface area contributed by atoms with Crippen LogP contribution in [-0.4, -0.2) is 40.4 Å². The van der Waals surface area contributed by atoms with E-state index in [1.54, 1.807) is 4.90 Å². The Hall–Kier alpha value is -0.770. The molecule has 1 amide bonds. The normalized spacial score (nSPS) is 34.0. The van der Waals surface area contributed by atoms with Crippen LogP contribution in [0.2, 0.25) is 0 Å². The Morgan fingerprint density at radius 2 is 2.00 bits per heavy atom. The first-order chi connectivity index (χ1) is 7.38. The highest BCUT2D eigenvalue weighted by molar-refractivity contribution is 5.69. The van der Waals surface area contributed by atoms with Gasteiger partial charge in [-0.15, -0.1) is 0 Å². The molecule has 3 atom stereocenters. The van der Waals surface area contributed by atoms with Crippen LogP contribution >= 0.6 is 0 Å². The highest BCUT2D eigenvalue weighted by atomic mass is 16.6. The zero-order valence-electron chi connectivity index (χ0n) is 10.3. The lowest BCUT2D eigenvalue weighted by molar-refractivity contribution is -0.0731. The second-order valence-corrected chi connectivity index (χ2v) is 5.84. The van der Waals surface area contributed by atoms with Crippen LogP contribution in [0, 0.1) is 5.92 Å². The molecule has 2 aliphatic rings. The van der Waals surface area contributed by atoms with Gasteiger partial charge in [-0.25, -0.2) is 4.79 Å². The van der Waals surface area contributed by atoms with E-state index >= 15 is 0 Å². The lowest BCUT2D eigenvalue weighted by atomic mass is 9.72. The van der Waals surface area contributed by atoms with Crippen LogP contribution in [0.25, 0.3) is 0 Å². The maximum atomic E-state index is 11.9. The van der Waals surface area contributed by atoms with Gasteiger partial charge in [0.2, 0.25) is 0 Å². The standard InChI is InChI=1S/C12H21NO3/c1-12(2,3)16-11(15)13-7-6-10(14)8-4-5-9(8)13/h8-10,14H,4-7H2,1-3H3. The quantitative estimate of drug-likeness (QED) is 0.686. The Labute approximate surface area is 96.6 Å². The molecule has 1 saturated carbocycles. The van der Waals surface area contributed by atoms with Crippen molar-refractivity contribution in [2.75, 3.05) is 6.54 Å². The van der Waals surface area contributed by atoms with Gasteiger partial charge >= 0.3 is 6.09 Å². The molecule has 1 N–H and O–H groups in total. The van der Waals surface area contributed by atoms with Gasteiger partial charge in [-0.3, -0.25) is 0 Å². The summed E-state index contributed by atoms with van der Waals surface area (Å²) >= 11 is 0. The molecule has 0 radical (unpaired) electrons. The number of hydrogen-bond acceptors (Lipinski definition) is 3. The fraction of sp³-hybridized carbons (Fsp3) is 0.917. The van der Waals surface area contributed by atoms with Crippen molar-refractivity contribution >= 4 is 6.09 Å². The third kappa shape index (κ3) is 2.17. The number of ether oxygens (including phenoxy) is 1. The second kappa shape index (κ2) is 3.91. The van der Waals surface area contributed by atoms with Gasteiger partial charge in [0.25, 0.3) is 0 Å². The molecule has 0 bridgehead atoms. The van der Waals surface area contributed by atoms with Crippen molar-refractivity contribution in [2.24, 2.45) is 5.92 Å². The van der Waals surface area contributed by atoms with Gasteiger partial charge in [0, 0.05) is 18.5 Å². The lowest BCUT2D eigenvalue weighted by Crippen LogP contribution is -2.59. The van der Waals surface area contributed by atoms with Crippen molar-refractivity contribution in [3.8, 4) is 0 Å². The van der Waals surface area contributed by atoms with Crippen molar-refractivity contribution in [1.29, 1.82) is 0 Å². The van der Waals surface area contributed by atoms with E-state index in [9.17, 15) is 9.90 Å². The van der Waals surface area contributed by atoms with Crippen molar-refractivity contribution in [1.82, 2.24) is 4.90 Å². The van der Waals surface area contributed by atoms with Gasteiger partial charge in [0.1, 0.15) is 5.60 Å². The summed E-state index contributed by atoms with van der Waals surface area (Å²) in [6.45, 7) is 6.25. The summed E-state index contributed by atoms with van der Waals surface area (Å²) in [7, 11) is 0. The Morgan fingerprint density at radius 3 is 2.50 bits per heavy atom. The number of carbonyl (C=O) groups excluding carboxylic acids is 1. The maximum absolute atomic E-state index is 11.9. The summed E-state index contributed by atoms with van der Waals surface area (Å²) < 4.78 is 5.37. The van der Waals surface area contributed by atoms with Crippen LogP contribution in [0.5, 0.6) is 0 Å². The largest absolute Gasteiger partial charge is 0.444 e. The second-order valence-electron chi connectivity index (χ2n) is 5.84. The summed E-state index contributed by atoms with van der Waals surface area (Å²) in [5, 5.41) is 9.75. The predicted octanol–water partition coefficient (Wildman–Crippen LogP) is 1.77. The smallest absolute Gasteiger partial charge is 0.410 e. The molecule has 2 fully saturated rings. The number of likely N-dealkylation sites (tertiary alicyclic amines) is 1. The van der Waals surface area contributed by atoms with Gasteiger partial charge in [0.15, 0.2) is 0 Å². The summed E-state index contributed by atoms with van der Waals surface area (Å²) in [4.78, 5) is 13.7. The number of carbonyl (C=O) groups is 1. The van der Waals surface area contributed by atoms with E-state index in [0.29, 0.717) is 13.0 Å². The van der Waals surface area contributed by atoms with Gasteiger partial charge < -0.3 is 14.7 Å². The van der Waals surface area contributed by atoms with Crippen molar-refractivity contribution in [3.05, 3.63) is 0 Å².